The first-order chi connectivity index (χ1) is 12.0. The summed E-state index contributed by atoms with van der Waals surface area (Å²) in [4.78, 5) is 30.3. The number of amides is 1. The van der Waals surface area contributed by atoms with Gasteiger partial charge in [0.05, 0.1) is 0 Å². The number of thiazole rings is 1. The standard InChI is InChI=1S/C18H19ClN2O3S/c1-12-4-3-7-21(9-12)16(22)10-24-18(23)15-11-25-17(20-15)13-5-2-6-14(19)8-13/h2,5-6,8,11-12H,3-4,7,9-10H2,1H3. The topological polar surface area (TPSA) is 59.5 Å². The van der Waals surface area contributed by atoms with Gasteiger partial charge in [0, 0.05) is 29.1 Å². The molecule has 1 amide bonds. The Morgan fingerprint density at radius 1 is 1.44 bits per heavy atom. The van der Waals surface area contributed by atoms with E-state index in [4.69, 9.17) is 16.3 Å². The molecule has 0 radical (unpaired) electrons. The molecule has 1 atom stereocenters. The smallest absolute Gasteiger partial charge is 0.358 e. The molecule has 0 saturated carbocycles. The van der Waals surface area contributed by atoms with Crippen molar-refractivity contribution in [2.24, 2.45) is 5.92 Å². The fourth-order valence-corrected chi connectivity index (χ4v) is 3.81. The molecule has 0 N–H and O–H groups in total. The van der Waals surface area contributed by atoms with E-state index in [-0.39, 0.29) is 18.2 Å². The summed E-state index contributed by atoms with van der Waals surface area (Å²) in [5.41, 5.74) is 1.05. The Kier molecular flexibility index (Phi) is 5.71. The molecule has 3 rings (SSSR count). The van der Waals surface area contributed by atoms with Gasteiger partial charge >= 0.3 is 5.97 Å². The van der Waals surface area contributed by atoms with Crippen molar-refractivity contribution < 1.29 is 14.3 Å². The van der Waals surface area contributed by atoms with Crippen LogP contribution in [0.1, 0.15) is 30.3 Å². The van der Waals surface area contributed by atoms with Crippen molar-refractivity contribution in [1.82, 2.24) is 9.88 Å². The lowest BCUT2D eigenvalue weighted by Gasteiger charge is -2.30. The fourth-order valence-electron chi connectivity index (χ4n) is 2.83. The monoisotopic (exact) mass is 378 g/mol. The minimum atomic E-state index is -0.581. The maximum atomic E-state index is 12.2. The quantitative estimate of drug-likeness (QED) is 0.757. The van der Waals surface area contributed by atoms with Crippen LogP contribution in [0.25, 0.3) is 10.6 Å². The molecule has 0 bridgehead atoms. The summed E-state index contributed by atoms with van der Waals surface area (Å²) < 4.78 is 5.14. The van der Waals surface area contributed by atoms with E-state index >= 15 is 0 Å². The molecule has 1 aliphatic rings. The van der Waals surface area contributed by atoms with Crippen molar-refractivity contribution in [3.63, 3.8) is 0 Å². The van der Waals surface area contributed by atoms with Gasteiger partial charge in [-0.1, -0.05) is 30.7 Å². The van der Waals surface area contributed by atoms with Crippen LogP contribution in [0.4, 0.5) is 0 Å². The minimum absolute atomic E-state index is 0.148. The average Bonchev–Trinajstić information content (AvgIpc) is 3.09. The molecular formula is C18H19ClN2O3S. The van der Waals surface area contributed by atoms with Crippen molar-refractivity contribution in [3.8, 4) is 10.6 Å². The van der Waals surface area contributed by atoms with Gasteiger partial charge in [-0.25, -0.2) is 9.78 Å². The number of hydrogen-bond acceptors (Lipinski definition) is 5. The van der Waals surface area contributed by atoms with Crippen molar-refractivity contribution in [3.05, 3.63) is 40.4 Å². The molecule has 2 aromatic rings. The SMILES string of the molecule is CC1CCCN(C(=O)COC(=O)c2csc(-c3cccc(Cl)c3)n2)C1. The van der Waals surface area contributed by atoms with E-state index in [1.54, 1.807) is 22.4 Å². The van der Waals surface area contributed by atoms with E-state index in [1.165, 1.54) is 11.3 Å². The van der Waals surface area contributed by atoms with Crippen LogP contribution < -0.4 is 0 Å². The Morgan fingerprint density at radius 2 is 2.28 bits per heavy atom. The van der Waals surface area contributed by atoms with Crippen molar-refractivity contribution in [2.45, 2.75) is 19.8 Å². The molecule has 1 saturated heterocycles. The van der Waals surface area contributed by atoms with Gasteiger partial charge in [0.25, 0.3) is 5.91 Å². The number of benzene rings is 1. The molecule has 1 unspecified atom stereocenters. The van der Waals surface area contributed by atoms with E-state index in [9.17, 15) is 9.59 Å². The first-order valence-corrected chi connectivity index (χ1v) is 9.45. The van der Waals surface area contributed by atoms with Crippen LogP contribution in [0.2, 0.25) is 5.02 Å². The van der Waals surface area contributed by atoms with Crippen LogP contribution in [0.15, 0.2) is 29.6 Å². The number of esters is 1. The Labute approximate surface area is 155 Å². The molecule has 0 aliphatic carbocycles. The zero-order chi connectivity index (χ0) is 17.8. The summed E-state index contributed by atoms with van der Waals surface area (Å²) in [6.45, 7) is 3.34. The molecule has 1 aliphatic heterocycles. The first kappa shape index (κ1) is 17.9. The molecule has 0 spiro atoms. The lowest BCUT2D eigenvalue weighted by atomic mass is 10.0. The van der Waals surface area contributed by atoms with Crippen molar-refractivity contribution >= 4 is 34.8 Å². The van der Waals surface area contributed by atoms with Gasteiger partial charge in [-0.15, -0.1) is 11.3 Å². The van der Waals surface area contributed by atoms with E-state index in [1.807, 2.05) is 12.1 Å². The van der Waals surface area contributed by atoms with Gasteiger partial charge in [0.1, 0.15) is 5.01 Å². The van der Waals surface area contributed by atoms with E-state index in [0.717, 1.165) is 31.5 Å². The van der Waals surface area contributed by atoms with E-state index in [0.29, 0.717) is 15.9 Å². The molecule has 7 heteroatoms. The summed E-state index contributed by atoms with van der Waals surface area (Å²) in [6, 6.07) is 7.27. The number of nitrogens with zero attached hydrogens (tertiary/aromatic N) is 2. The third-order valence-electron chi connectivity index (χ3n) is 4.12. The van der Waals surface area contributed by atoms with Crippen molar-refractivity contribution in [2.75, 3.05) is 19.7 Å². The zero-order valence-electron chi connectivity index (χ0n) is 13.9. The summed E-state index contributed by atoms with van der Waals surface area (Å²) in [6.07, 6.45) is 2.13. The largest absolute Gasteiger partial charge is 0.451 e. The number of aromatic nitrogens is 1. The van der Waals surface area contributed by atoms with E-state index in [2.05, 4.69) is 11.9 Å². The van der Waals surface area contributed by atoms with Crippen LogP contribution in [-0.2, 0) is 9.53 Å². The third kappa shape index (κ3) is 4.58. The van der Waals surface area contributed by atoms with Crippen LogP contribution in [0.3, 0.4) is 0 Å². The highest BCUT2D eigenvalue weighted by Gasteiger charge is 2.22. The Balaban J connectivity index is 1.58. The van der Waals surface area contributed by atoms with Gasteiger partial charge in [-0.05, 0) is 30.9 Å². The highest BCUT2D eigenvalue weighted by molar-refractivity contribution is 7.13. The lowest BCUT2D eigenvalue weighted by molar-refractivity contribution is -0.136. The predicted molar refractivity (Wildman–Crippen MR) is 97.8 cm³/mol. The first-order valence-electron chi connectivity index (χ1n) is 8.19. The molecule has 1 fully saturated rings. The minimum Gasteiger partial charge on any atom is -0.451 e. The zero-order valence-corrected chi connectivity index (χ0v) is 15.5. The number of piperidine rings is 1. The summed E-state index contributed by atoms with van der Waals surface area (Å²) in [5.74, 6) is -0.236. The second kappa shape index (κ2) is 7.97. The molecule has 132 valence electrons. The number of rotatable bonds is 4. The number of hydrogen-bond donors (Lipinski definition) is 0. The average molecular weight is 379 g/mol. The van der Waals surface area contributed by atoms with Gasteiger partial charge in [-0.3, -0.25) is 4.79 Å². The van der Waals surface area contributed by atoms with Gasteiger partial charge in [-0.2, -0.15) is 0 Å². The molecule has 25 heavy (non-hydrogen) atoms. The predicted octanol–water partition coefficient (Wildman–Crippen LogP) is 3.88. The Morgan fingerprint density at radius 3 is 3.04 bits per heavy atom. The number of carbonyl (C=O) groups is 2. The molecule has 1 aromatic heterocycles. The Hall–Kier alpha value is -1.92. The second-order valence-electron chi connectivity index (χ2n) is 6.21. The summed E-state index contributed by atoms with van der Waals surface area (Å²) in [5, 5.41) is 2.93. The maximum absolute atomic E-state index is 12.2. The maximum Gasteiger partial charge on any atom is 0.358 e. The number of likely N-dealkylation sites (tertiary alicyclic amines) is 1. The molecule has 2 heterocycles. The molecular weight excluding hydrogens is 360 g/mol. The summed E-state index contributed by atoms with van der Waals surface area (Å²) in [7, 11) is 0. The highest BCUT2D eigenvalue weighted by Crippen LogP contribution is 2.26. The van der Waals surface area contributed by atoms with Crippen LogP contribution in [0.5, 0.6) is 0 Å². The lowest BCUT2D eigenvalue weighted by Crippen LogP contribution is -2.41. The Bertz CT molecular complexity index is 777. The number of ether oxygens (including phenoxy) is 1. The highest BCUT2D eigenvalue weighted by atomic mass is 35.5. The second-order valence-corrected chi connectivity index (χ2v) is 7.51. The van der Waals surface area contributed by atoms with Crippen LogP contribution in [-0.4, -0.2) is 41.5 Å². The van der Waals surface area contributed by atoms with Gasteiger partial charge < -0.3 is 9.64 Å². The van der Waals surface area contributed by atoms with E-state index < -0.39 is 5.97 Å². The number of carbonyl (C=O) groups excluding carboxylic acids is 2. The van der Waals surface area contributed by atoms with Crippen LogP contribution in [0, 0.1) is 5.92 Å². The normalized spacial score (nSPS) is 17.4. The van der Waals surface area contributed by atoms with Gasteiger partial charge in [0.2, 0.25) is 0 Å². The third-order valence-corrected chi connectivity index (χ3v) is 5.25. The van der Waals surface area contributed by atoms with Crippen LogP contribution >= 0.6 is 22.9 Å². The van der Waals surface area contributed by atoms with Gasteiger partial charge in [0.15, 0.2) is 12.3 Å². The molecule has 5 nitrogen and oxygen atoms in total. The molecule has 1 aromatic carbocycles. The number of halogens is 1. The summed E-state index contributed by atoms with van der Waals surface area (Å²) >= 11 is 7.31. The fraction of sp³-hybridized carbons (Fsp3) is 0.389. The van der Waals surface area contributed by atoms with Crippen molar-refractivity contribution in [1.29, 1.82) is 0 Å².